The molecule has 7 heteroatoms. The predicted octanol–water partition coefficient (Wildman–Crippen LogP) is 2.88. The highest BCUT2D eigenvalue weighted by molar-refractivity contribution is 6.00. The van der Waals surface area contributed by atoms with Crippen molar-refractivity contribution in [2.75, 3.05) is 7.11 Å². The smallest absolute Gasteiger partial charge is 0.339 e. The van der Waals surface area contributed by atoms with Gasteiger partial charge in [-0.05, 0) is 31.0 Å². The lowest BCUT2D eigenvalue weighted by molar-refractivity contribution is 0.0599. The van der Waals surface area contributed by atoms with Gasteiger partial charge in [0.2, 0.25) is 0 Å². The minimum Gasteiger partial charge on any atom is -0.465 e. The maximum atomic E-state index is 12.8. The first-order valence-corrected chi connectivity index (χ1v) is 8.96. The fraction of sp³-hybridized carbons (Fsp3) is 0.350. The Balaban J connectivity index is 1.85. The molecule has 0 fully saturated rings. The van der Waals surface area contributed by atoms with E-state index >= 15 is 0 Å². The van der Waals surface area contributed by atoms with Crippen molar-refractivity contribution in [2.45, 2.75) is 33.2 Å². The van der Waals surface area contributed by atoms with Crippen molar-refractivity contribution in [2.24, 2.45) is 7.05 Å². The van der Waals surface area contributed by atoms with E-state index in [1.165, 1.54) is 7.11 Å². The topological polar surface area (TPSA) is 89.0 Å². The monoisotopic (exact) mass is 368 g/mol. The number of amides is 1. The highest BCUT2D eigenvalue weighted by atomic mass is 16.5. The van der Waals surface area contributed by atoms with E-state index < -0.39 is 5.97 Å². The number of aromatic nitrogens is 3. The molecule has 2 N–H and O–H groups in total. The Kier molecular flexibility index (Phi) is 5.30. The van der Waals surface area contributed by atoms with E-state index in [4.69, 9.17) is 4.74 Å². The van der Waals surface area contributed by atoms with Crippen molar-refractivity contribution in [1.82, 2.24) is 19.9 Å². The summed E-state index contributed by atoms with van der Waals surface area (Å²) in [6.07, 6.45) is 1.43. The molecule has 0 saturated heterocycles. The van der Waals surface area contributed by atoms with Crippen LogP contribution >= 0.6 is 0 Å². The summed E-state index contributed by atoms with van der Waals surface area (Å²) < 4.78 is 6.83. The van der Waals surface area contributed by atoms with Crippen LogP contribution in [-0.2, 0) is 24.8 Å². The van der Waals surface area contributed by atoms with Crippen molar-refractivity contribution < 1.29 is 14.3 Å². The van der Waals surface area contributed by atoms with Gasteiger partial charge in [-0.1, -0.05) is 25.5 Å². The number of para-hydroxylation sites is 2. The Morgan fingerprint density at radius 1 is 1.30 bits per heavy atom. The number of ether oxygens (including phenoxy) is 1. The zero-order valence-electron chi connectivity index (χ0n) is 16.0. The predicted molar refractivity (Wildman–Crippen MR) is 103 cm³/mol. The minimum absolute atomic E-state index is 0.260. The standard InChI is InChI=1S/C20H24N4O3/c1-5-8-13-17(20(26)27-4)12(2)22-18(13)19(25)21-11-16-23-14-9-6-7-10-15(14)24(16)3/h6-7,9-10,22H,5,8,11H2,1-4H3,(H,21,25). The van der Waals surface area contributed by atoms with Crippen LogP contribution in [0, 0.1) is 6.92 Å². The fourth-order valence-corrected chi connectivity index (χ4v) is 3.35. The number of nitrogens with zero attached hydrogens (tertiary/aromatic N) is 2. The molecule has 7 nitrogen and oxygen atoms in total. The third kappa shape index (κ3) is 3.45. The summed E-state index contributed by atoms with van der Waals surface area (Å²) in [4.78, 5) is 32.5. The van der Waals surface area contributed by atoms with Gasteiger partial charge in [0, 0.05) is 12.7 Å². The molecule has 0 aliphatic carbocycles. The molecule has 0 aliphatic heterocycles. The third-order valence-electron chi connectivity index (χ3n) is 4.69. The molecule has 3 aromatic rings. The molecule has 0 atom stereocenters. The van der Waals surface area contributed by atoms with Crippen molar-refractivity contribution >= 4 is 22.9 Å². The van der Waals surface area contributed by atoms with E-state index in [1.54, 1.807) is 6.92 Å². The number of methoxy groups -OCH3 is 1. The molecule has 0 radical (unpaired) electrons. The number of benzene rings is 1. The SMILES string of the molecule is CCCc1c(C(=O)NCc2nc3ccccc3n2C)[nH]c(C)c1C(=O)OC. The molecular weight excluding hydrogens is 344 g/mol. The molecule has 2 heterocycles. The third-order valence-corrected chi connectivity index (χ3v) is 4.69. The summed E-state index contributed by atoms with van der Waals surface area (Å²) in [5, 5.41) is 2.91. The second-order valence-electron chi connectivity index (χ2n) is 6.48. The average Bonchev–Trinajstić information content (AvgIpc) is 3.17. The van der Waals surface area contributed by atoms with Crippen LogP contribution < -0.4 is 5.32 Å². The van der Waals surface area contributed by atoms with Crippen LogP contribution in [0.1, 0.15) is 51.3 Å². The summed E-state index contributed by atoms with van der Waals surface area (Å²) in [5.74, 6) is 0.0726. The maximum Gasteiger partial charge on any atom is 0.339 e. The summed E-state index contributed by atoms with van der Waals surface area (Å²) >= 11 is 0. The molecule has 0 saturated carbocycles. The van der Waals surface area contributed by atoms with Gasteiger partial charge in [-0.15, -0.1) is 0 Å². The zero-order valence-corrected chi connectivity index (χ0v) is 16.0. The van der Waals surface area contributed by atoms with Crippen LogP contribution in [0.5, 0.6) is 0 Å². The number of H-pyrrole nitrogens is 1. The van der Waals surface area contributed by atoms with Gasteiger partial charge in [-0.3, -0.25) is 4.79 Å². The minimum atomic E-state index is -0.429. The number of carbonyl (C=O) groups excluding carboxylic acids is 2. The lowest BCUT2D eigenvalue weighted by Gasteiger charge is -2.07. The molecule has 1 amide bonds. The van der Waals surface area contributed by atoms with Gasteiger partial charge in [0.25, 0.3) is 5.91 Å². The van der Waals surface area contributed by atoms with Gasteiger partial charge in [-0.25, -0.2) is 9.78 Å². The van der Waals surface area contributed by atoms with Crippen LogP contribution in [0.2, 0.25) is 0 Å². The molecule has 0 aliphatic rings. The van der Waals surface area contributed by atoms with Gasteiger partial charge < -0.3 is 19.6 Å². The molecule has 142 valence electrons. The molecule has 0 bridgehead atoms. The molecule has 27 heavy (non-hydrogen) atoms. The molecule has 1 aromatic carbocycles. The first kappa shape index (κ1) is 18.7. The molecule has 0 spiro atoms. The van der Waals surface area contributed by atoms with E-state index in [-0.39, 0.29) is 5.91 Å². The van der Waals surface area contributed by atoms with Gasteiger partial charge in [0.15, 0.2) is 0 Å². The van der Waals surface area contributed by atoms with E-state index in [2.05, 4.69) is 15.3 Å². The van der Waals surface area contributed by atoms with Crippen molar-refractivity contribution in [3.63, 3.8) is 0 Å². The number of aromatic amines is 1. The molecule has 0 unspecified atom stereocenters. The van der Waals surface area contributed by atoms with Crippen LogP contribution in [-0.4, -0.2) is 33.5 Å². The normalized spacial score (nSPS) is 11.0. The highest BCUT2D eigenvalue weighted by Crippen LogP contribution is 2.22. The van der Waals surface area contributed by atoms with Crippen LogP contribution in [0.3, 0.4) is 0 Å². The number of imidazole rings is 1. The number of hydrogen-bond donors (Lipinski definition) is 2. The lowest BCUT2D eigenvalue weighted by Crippen LogP contribution is -2.26. The summed E-state index contributed by atoms with van der Waals surface area (Å²) in [6, 6.07) is 7.82. The molecular formula is C20H24N4O3. The van der Waals surface area contributed by atoms with E-state index in [0.29, 0.717) is 35.5 Å². The van der Waals surface area contributed by atoms with E-state index in [0.717, 1.165) is 23.3 Å². The highest BCUT2D eigenvalue weighted by Gasteiger charge is 2.24. The van der Waals surface area contributed by atoms with E-state index in [9.17, 15) is 9.59 Å². The number of nitrogens with one attached hydrogen (secondary N) is 2. The Hall–Kier alpha value is -3.09. The van der Waals surface area contributed by atoms with Gasteiger partial charge in [-0.2, -0.15) is 0 Å². The lowest BCUT2D eigenvalue weighted by atomic mass is 10.0. The molecule has 3 rings (SSSR count). The Bertz CT molecular complexity index is 1000. The van der Waals surface area contributed by atoms with Gasteiger partial charge >= 0.3 is 5.97 Å². The van der Waals surface area contributed by atoms with E-state index in [1.807, 2.05) is 42.8 Å². The Morgan fingerprint density at radius 3 is 2.70 bits per heavy atom. The summed E-state index contributed by atoms with van der Waals surface area (Å²) in [5.41, 5.74) is 4.10. The van der Waals surface area contributed by atoms with Gasteiger partial charge in [0.05, 0.1) is 30.3 Å². The van der Waals surface area contributed by atoms with Gasteiger partial charge in [0.1, 0.15) is 11.5 Å². The number of esters is 1. The summed E-state index contributed by atoms with van der Waals surface area (Å²) in [7, 11) is 3.27. The number of fused-ring (bicyclic) bond motifs is 1. The maximum absolute atomic E-state index is 12.8. The zero-order chi connectivity index (χ0) is 19.6. The quantitative estimate of drug-likeness (QED) is 0.655. The number of hydrogen-bond acceptors (Lipinski definition) is 4. The number of aryl methyl sites for hydroxylation is 2. The number of carbonyl (C=O) groups is 2. The Morgan fingerprint density at radius 2 is 2.04 bits per heavy atom. The summed E-state index contributed by atoms with van der Waals surface area (Å²) in [6.45, 7) is 4.07. The van der Waals surface area contributed by atoms with Crippen molar-refractivity contribution in [3.8, 4) is 0 Å². The second kappa shape index (κ2) is 7.65. The van der Waals surface area contributed by atoms with Crippen molar-refractivity contribution in [3.05, 3.63) is 52.6 Å². The van der Waals surface area contributed by atoms with Crippen LogP contribution in [0.4, 0.5) is 0 Å². The second-order valence-corrected chi connectivity index (χ2v) is 6.48. The first-order valence-electron chi connectivity index (χ1n) is 8.96. The average molecular weight is 368 g/mol. The largest absolute Gasteiger partial charge is 0.465 e. The van der Waals surface area contributed by atoms with Crippen LogP contribution in [0.15, 0.2) is 24.3 Å². The fourth-order valence-electron chi connectivity index (χ4n) is 3.35. The Labute approximate surface area is 157 Å². The van der Waals surface area contributed by atoms with Crippen LogP contribution in [0.25, 0.3) is 11.0 Å². The molecule has 2 aromatic heterocycles. The first-order chi connectivity index (χ1) is 13.0. The number of rotatable bonds is 6. The van der Waals surface area contributed by atoms with Crippen molar-refractivity contribution in [1.29, 1.82) is 0 Å².